The van der Waals surface area contributed by atoms with E-state index < -0.39 is 0 Å². The summed E-state index contributed by atoms with van der Waals surface area (Å²) in [7, 11) is 0. The standard InChI is InChI=1S/C50H33N5O2/c1-31(33-15-5-3-6-16-33)51-47(34-17-7-4-8-18-34)52-32(2)35-19-13-20-36(29-35)37-27-28-44-41(30-37)46-40(23-14-26-45(46)57-44)49-53-42-24-11-9-21-38(42)48-54-43-25-12-10-22-39(43)50(56)55(48)49/h3-30H,1H2,2H3. The molecule has 0 radical (unpaired) electrons. The Morgan fingerprint density at radius 1 is 0.579 bits per heavy atom. The predicted molar refractivity (Wildman–Crippen MR) is 233 cm³/mol. The fraction of sp³-hybridized carbons (Fsp3) is 0.0200. The summed E-state index contributed by atoms with van der Waals surface area (Å²) in [6.45, 7) is 6.25. The smallest absolute Gasteiger partial charge is 0.267 e. The Bertz CT molecular complexity index is 3340. The van der Waals surface area contributed by atoms with E-state index in [2.05, 4.69) is 36.9 Å². The normalized spacial score (nSPS) is 12.3. The SMILES string of the molecule is C=C(N=C(N=C(C)c1cccc(-c2ccc3oc4cccc(-c5nc6ccccc6c6nc7ccccc7c(=O)n56)c4c3c2)c1)c1ccccc1)c1ccccc1. The van der Waals surface area contributed by atoms with Crippen molar-refractivity contribution in [2.75, 3.05) is 0 Å². The molecule has 7 heteroatoms. The molecule has 0 unspecified atom stereocenters. The van der Waals surface area contributed by atoms with E-state index in [9.17, 15) is 4.79 Å². The minimum atomic E-state index is -0.173. The van der Waals surface area contributed by atoms with E-state index in [1.165, 1.54) is 0 Å². The first kappa shape index (κ1) is 33.8. The van der Waals surface area contributed by atoms with Gasteiger partial charge in [-0.05, 0) is 77.7 Å². The van der Waals surface area contributed by atoms with E-state index in [1.54, 1.807) is 4.40 Å². The van der Waals surface area contributed by atoms with Gasteiger partial charge in [0.15, 0.2) is 11.5 Å². The highest BCUT2D eigenvalue weighted by molar-refractivity contribution is 6.14. The first-order valence-electron chi connectivity index (χ1n) is 18.7. The van der Waals surface area contributed by atoms with E-state index in [-0.39, 0.29) is 5.56 Å². The number of amidine groups is 1. The van der Waals surface area contributed by atoms with Crippen LogP contribution in [0.15, 0.2) is 196 Å². The predicted octanol–water partition coefficient (Wildman–Crippen LogP) is 11.6. The Morgan fingerprint density at radius 2 is 1.23 bits per heavy atom. The van der Waals surface area contributed by atoms with Gasteiger partial charge < -0.3 is 4.42 Å². The topological polar surface area (TPSA) is 85.1 Å². The Labute approximate surface area is 327 Å². The minimum Gasteiger partial charge on any atom is -0.456 e. The van der Waals surface area contributed by atoms with Crippen molar-refractivity contribution in [1.29, 1.82) is 0 Å². The first-order valence-corrected chi connectivity index (χ1v) is 18.7. The van der Waals surface area contributed by atoms with Crippen molar-refractivity contribution in [3.63, 3.8) is 0 Å². The van der Waals surface area contributed by atoms with Crippen molar-refractivity contribution in [3.05, 3.63) is 203 Å². The highest BCUT2D eigenvalue weighted by Crippen LogP contribution is 2.39. The van der Waals surface area contributed by atoms with Gasteiger partial charge >= 0.3 is 0 Å². The summed E-state index contributed by atoms with van der Waals surface area (Å²) >= 11 is 0. The first-order chi connectivity index (χ1) is 28.0. The maximum Gasteiger partial charge on any atom is 0.267 e. The van der Waals surface area contributed by atoms with Crippen LogP contribution in [-0.4, -0.2) is 25.9 Å². The molecule has 57 heavy (non-hydrogen) atoms. The van der Waals surface area contributed by atoms with Crippen molar-refractivity contribution < 1.29 is 4.42 Å². The minimum absolute atomic E-state index is 0.173. The van der Waals surface area contributed by atoms with Gasteiger partial charge in [0.1, 0.15) is 17.0 Å². The number of aliphatic imine (C=N–C) groups is 2. The lowest BCUT2D eigenvalue weighted by molar-refractivity contribution is 0.669. The molecule has 7 nitrogen and oxygen atoms in total. The maximum absolute atomic E-state index is 14.3. The second-order valence-corrected chi connectivity index (χ2v) is 13.9. The summed E-state index contributed by atoms with van der Waals surface area (Å²) < 4.78 is 8.10. The molecule has 0 saturated heterocycles. The van der Waals surface area contributed by atoms with Crippen LogP contribution in [0.25, 0.3) is 77.6 Å². The second kappa shape index (κ2) is 13.8. The lowest BCUT2D eigenvalue weighted by atomic mass is 9.98. The van der Waals surface area contributed by atoms with Gasteiger partial charge in [-0.25, -0.2) is 24.4 Å². The third-order valence-corrected chi connectivity index (χ3v) is 10.4. The number of aromatic nitrogens is 3. The third kappa shape index (κ3) is 5.99. The van der Waals surface area contributed by atoms with Crippen molar-refractivity contribution in [2.24, 2.45) is 9.98 Å². The van der Waals surface area contributed by atoms with E-state index >= 15 is 0 Å². The molecule has 0 bridgehead atoms. The van der Waals surface area contributed by atoms with Gasteiger partial charge in [0.05, 0.1) is 22.1 Å². The summed E-state index contributed by atoms with van der Waals surface area (Å²) in [5.74, 6) is 1.09. The molecule has 0 aliphatic carbocycles. The van der Waals surface area contributed by atoms with Crippen LogP contribution in [0.4, 0.5) is 0 Å². The summed E-state index contributed by atoms with van der Waals surface area (Å²) in [6, 6.07) is 55.6. The number of fused-ring (bicyclic) bond motifs is 7. The lowest BCUT2D eigenvalue weighted by Gasteiger charge is -2.13. The number of rotatable bonds is 6. The molecule has 0 aliphatic rings. The molecule has 270 valence electrons. The number of benzene rings is 7. The van der Waals surface area contributed by atoms with Crippen LogP contribution in [-0.2, 0) is 0 Å². The fourth-order valence-corrected chi connectivity index (χ4v) is 7.52. The number of hydrogen-bond donors (Lipinski definition) is 0. The van der Waals surface area contributed by atoms with Crippen molar-refractivity contribution in [3.8, 4) is 22.5 Å². The van der Waals surface area contributed by atoms with Crippen molar-refractivity contribution in [1.82, 2.24) is 14.4 Å². The summed E-state index contributed by atoms with van der Waals surface area (Å²) in [4.78, 5) is 34.4. The average molecular weight is 736 g/mol. The molecule has 10 aromatic rings. The van der Waals surface area contributed by atoms with Crippen LogP contribution < -0.4 is 5.56 Å². The molecule has 0 saturated carbocycles. The van der Waals surface area contributed by atoms with Gasteiger partial charge in [-0.3, -0.25) is 4.79 Å². The van der Waals surface area contributed by atoms with Crippen LogP contribution in [0.3, 0.4) is 0 Å². The van der Waals surface area contributed by atoms with Gasteiger partial charge in [0, 0.05) is 33.0 Å². The molecule has 10 rings (SSSR count). The Morgan fingerprint density at radius 3 is 2.02 bits per heavy atom. The van der Waals surface area contributed by atoms with Gasteiger partial charge in [-0.2, -0.15) is 0 Å². The van der Waals surface area contributed by atoms with Gasteiger partial charge in [-0.1, -0.05) is 128 Å². The highest BCUT2D eigenvalue weighted by atomic mass is 16.3. The lowest BCUT2D eigenvalue weighted by Crippen LogP contribution is -2.18. The van der Waals surface area contributed by atoms with Crippen molar-refractivity contribution in [2.45, 2.75) is 6.92 Å². The molecular formula is C50H33N5O2. The zero-order valence-electron chi connectivity index (χ0n) is 30.9. The fourth-order valence-electron chi connectivity index (χ4n) is 7.52. The van der Waals surface area contributed by atoms with Gasteiger partial charge in [0.25, 0.3) is 5.56 Å². The number of para-hydroxylation sites is 2. The van der Waals surface area contributed by atoms with Gasteiger partial charge in [-0.15, -0.1) is 0 Å². The second-order valence-electron chi connectivity index (χ2n) is 13.9. The van der Waals surface area contributed by atoms with Crippen LogP contribution in [0.5, 0.6) is 0 Å². The molecule has 0 atom stereocenters. The molecule has 7 aromatic carbocycles. The summed E-state index contributed by atoms with van der Waals surface area (Å²) in [6.07, 6.45) is 0. The zero-order chi connectivity index (χ0) is 38.5. The van der Waals surface area contributed by atoms with Crippen LogP contribution >= 0.6 is 0 Å². The molecular weight excluding hydrogens is 703 g/mol. The van der Waals surface area contributed by atoms with E-state index in [1.807, 2.05) is 146 Å². The van der Waals surface area contributed by atoms with E-state index in [4.69, 9.17) is 24.4 Å². The molecule has 0 fully saturated rings. The van der Waals surface area contributed by atoms with Crippen LogP contribution in [0, 0.1) is 0 Å². The quantitative estimate of drug-likeness (QED) is 0.0736. The summed E-state index contributed by atoms with van der Waals surface area (Å²) in [5.41, 5.74) is 10.3. The average Bonchev–Trinajstić information content (AvgIpc) is 3.65. The Kier molecular flexibility index (Phi) is 8.19. The number of furan rings is 1. The Balaban J connectivity index is 1.11. The molecule has 0 aliphatic heterocycles. The Hall–Kier alpha value is -7.77. The summed E-state index contributed by atoms with van der Waals surface area (Å²) in [5, 5.41) is 3.12. The van der Waals surface area contributed by atoms with Gasteiger partial charge in [0.2, 0.25) is 0 Å². The molecule has 3 aromatic heterocycles. The molecule has 0 amide bonds. The maximum atomic E-state index is 14.3. The largest absolute Gasteiger partial charge is 0.456 e. The number of nitrogens with zero attached hydrogens (tertiary/aromatic N) is 5. The van der Waals surface area contributed by atoms with Crippen LogP contribution in [0.1, 0.15) is 23.6 Å². The third-order valence-electron chi connectivity index (χ3n) is 10.4. The van der Waals surface area contributed by atoms with E-state index in [0.717, 1.165) is 66.4 Å². The monoisotopic (exact) mass is 735 g/mol. The zero-order valence-corrected chi connectivity index (χ0v) is 30.9. The molecule has 0 spiro atoms. The molecule has 3 heterocycles. The van der Waals surface area contributed by atoms with Crippen molar-refractivity contribution >= 4 is 66.6 Å². The highest BCUT2D eigenvalue weighted by Gasteiger charge is 2.20. The number of hydrogen-bond acceptors (Lipinski definition) is 5. The molecule has 0 N–H and O–H groups in total. The van der Waals surface area contributed by atoms with Crippen LogP contribution in [0.2, 0.25) is 0 Å². The van der Waals surface area contributed by atoms with E-state index in [0.29, 0.717) is 39.5 Å².